The molecule has 0 saturated heterocycles. The van der Waals surface area contributed by atoms with E-state index in [2.05, 4.69) is 10.1 Å². The third-order valence-corrected chi connectivity index (χ3v) is 4.22. The van der Waals surface area contributed by atoms with Crippen molar-refractivity contribution in [2.45, 2.75) is 19.5 Å². The van der Waals surface area contributed by atoms with Crippen LogP contribution in [-0.4, -0.2) is 48.0 Å². The van der Waals surface area contributed by atoms with Crippen LogP contribution in [0.15, 0.2) is 54.5 Å². The molecule has 1 aliphatic carbocycles. The molecular formula is C19H16F3N3O6. The summed E-state index contributed by atoms with van der Waals surface area (Å²) >= 11 is 0. The molecule has 2 heterocycles. The van der Waals surface area contributed by atoms with Gasteiger partial charge in [0.1, 0.15) is 0 Å². The van der Waals surface area contributed by atoms with Crippen LogP contribution in [0.5, 0.6) is 0 Å². The van der Waals surface area contributed by atoms with E-state index in [1.807, 2.05) is 0 Å². The zero-order chi connectivity index (χ0) is 23.4. The summed E-state index contributed by atoms with van der Waals surface area (Å²) in [5.74, 6) is -3.13. The predicted octanol–water partition coefficient (Wildman–Crippen LogP) is 3.03. The fourth-order valence-corrected chi connectivity index (χ4v) is 2.43. The maximum atomic E-state index is 12.3. The minimum atomic E-state index is -4.46. The van der Waals surface area contributed by atoms with Crippen LogP contribution in [0.4, 0.5) is 13.2 Å². The predicted molar refractivity (Wildman–Crippen MR) is 98.5 cm³/mol. The molecule has 12 heteroatoms. The SMILES string of the molecule is CC1(C(=O)O)C=CC=C(C(=O)O)C1.O=C(O)c1cnn(-c2ccc(C(F)(F)F)cn2)c1. The zero-order valence-electron chi connectivity index (χ0n) is 15.9. The highest BCUT2D eigenvalue weighted by atomic mass is 19.4. The van der Waals surface area contributed by atoms with Crippen molar-refractivity contribution in [2.24, 2.45) is 5.41 Å². The summed E-state index contributed by atoms with van der Waals surface area (Å²) in [5.41, 5.74) is -1.90. The van der Waals surface area contributed by atoms with E-state index in [1.54, 1.807) is 0 Å². The average Bonchev–Trinajstić information content (AvgIpc) is 3.18. The van der Waals surface area contributed by atoms with Crippen LogP contribution < -0.4 is 0 Å². The van der Waals surface area contributed by atoms with Crippen molar-refractivity contribution >= 4 is 17.9 Å². The van der Waals surface area contributed by atoms with Gasteiger partial charge in [0, 0.05) is 18.0 Å². The zero-order valence-corrected chi connectivity index (χ0v) is 15.9. The van der Waals surface area contributed by atoms with Crippen molar-refractivity contribution in [1.82, 2.24) is 14.8 Å². The Bertz CT molecular complexity index is 1060. The van der Waals surface area contributed by atoms with Crippen molar-refractivity contribution in [3.05, 3.63) is 65.7 Å². The van der Waals surface area contributed by atoms with Crippen molar-refractivity contribution in [2.75, 3.05) is 0 Å². The summed E-state index contributed by atoms with van der Waals surface area (Å²) in [6.45, 7) is 1.50. The maximum Gasteiger partial charge on any atom is 0.417 e. The Morgan fingerprint density at radius 2 is 1.77 bits per heavy atom. The van der Waals surface area contributed by atoms with Crippen LogP contribution in [0.25, 0.3) is 5.82 Å². The summed E-state index contributed by atoms with van der Waals surface area (Å²) in [4.78, 5) is 35.5. The normalized spacial score (nSPS) is 17.9. The number of carbonyl (C=O) groups is 3. The lowest BCUT2D eigenvalue weighted by Gasteiger charge is -2.23. The highest BCUT2D eigenvalue weighted by molar-refractivity contribution is 5.90. The van der Waals surface area contributed by atoms with E-state index >= 15 is 0 Å². The van der Waals surface area contributed by atoms with Gasteiger partial charge in [-0.2, -0.15) is 18.3 Å². The molecule has 0 bridgehead atoms. The molecule has 0 saturated carbocycles. The Labute approximate surface area is 172 Å². The Morgan fingerprint density at radius 1 is 1.10 bits per heavy atom. The lowest BCUT2D eigenvalue weighted by atomic mass is 9.80. The molecule has 0 radical (unpaired) electrons. The highest BCUT2D eigenvalue weighted by Crippen LogP contribution is 2.31. The van der Waals surface area contributed by atoms with Gasteiger partial charge >= 0.3 is 24.1 Å². The first kappa shape index (κ1) is 23.3. The molecule has 1 unspecified atom stereocenters. The molecule has 3 rings (SSSR count). The van der Waals surface area contributed by atoms with Crippen LogP contribution in [0.2, 0.25) is 0 Å². The summed E-state index contributed by atoms with van der Waals surface area (Å²) in [5, 5.41) is 29.8. The monoisotopic (exact) mass is 439 g/mol. The second-order valence-electron chi connectivity index (χ2n) is 6.64. The van der Waals surface area contributed by atoms with E-state index < -0.39 is 35.1 Å². The van der Waals surface area contributed by atoms with E-state index in [1.165, 1.54) is 25.2 Å². The number of aliphatic carboxylic acids is 2. The third kappa shape index (κ3) is 5.78. The second-order valence-corrected chi connectivity index (χ2v) is 6.64. The van der Waals surface area contributed by atoms with Gasteiger partial charge in [0.25, 0.3) is 0 Å². The molecule has 3 N–H and O–H groups in total. The van der Waals surface area contributed by atoms with Gasteiger partial charge in [0.15, 0.2) is 5.82 Å². The van der Waals surface area contributed by atoms with Crippen LogP contribution in [-0.2, 0) is 15.8 Å². The van der Waals surface area contributed by atoms with E-state index in [4.69, 9.17) is 15.3 Å². The Hall–Kier alpha value is -3.96. The molecule has 2 aromatic heterocycles. The van der Waals surface area contributed by atoms with E-state index in [0.29, 0.717) is 6.20 Å². The Balaban J connectivity index is 0.000000233. The number of carboxylic acids is 3. The van der Waals surface area contributed by atoms with E-state index in [-0.39, 0.29) is 23.4 Å². The topological polar surface area (TPSA) is 143 Å². The van der Waals surface area contributed by atoms with E-state index in [0.717, 1.165) is 29.2 Å². The molecule has 0 amide bonds. The number of aromatic carboxylic acids is 1. The molecule has 0 aromatic carbocycles. The number of allylic oxidation sites excluding steroid dienone is 2. The standard InChI is InChI=1S/C10H6F3N3O2.C9H10O4/c11-10(12,13)7-1-2-8(14-4-7)16-5-6(3-15-16)9(17)18;1-9(8(12)13)4-2-3-6(5-9)7(10)11/h1-5H,(H,17,18);2-4H,5H2,1H3,(H,10,11)(H,12,13). The van der Waals surface area contributed by atoms with Crippen LogP contribution >= 0.6 is 0 Å². The van der Waals surface area contributed by atoms with Crippen LogP contribution in [0, 0.1) is 5.41 Å². The van der Waals surface area contributed by atoms with Gasteiger partial charge in [-0.1, -0.05) is 18.2 Å². The fraction of sp³-hybridized carbons (Fsp3) is 0.211. The number of alkyl halides is 3. The summed E-state index contributed by atoms with van der Waals surface area (Å²) < 4.78 is 38.0. The third-order valence-electron chi connectivity index (χ3n) is 4.22. The number of aromatic nitrogens is 3. The second kappa shape index (κ2) is 8.81. The smallest absolute Gasteiger partial charge is 0.417 e. The Kier molecular flexibility index (Phi) is 6.63. The van der Waals surface area contributed by atoms with Gasteiger partial charge in [-0.15, -0.1) is 0 Å². The van der Waals surface area contributed by atoms with Crippen molar-refractivity contribution in [3.8, 4) is 5.82 Å². The first-order valence-electron chi connectivity index (χ1n) is 8.50. The maximum absolute atomic E-state index is 12.3. The molecule has 0 fully saturated rings. The van der Waals surface area contributed by atoms with Crippen LogP contribution in [0.1, 0.15) is 29.3 Å². The molecule has 9 nitrogen and oxygen atoms in total. The molecule has 0 spiro atoms. The fourth-order valence-electron chi connectivity index (χ4n) is 2.43. The number of halogens is 3. The molecule has 164 valence electrons. The number of nitrogens with zero attached hydrogens (tertiary/aromatic N) is 3. The van der Waals surface area contributed by atoms with Gasteiger partial charge < -0.3 is 15.3 Å². The lowest BCUT2D eigenvalue weighted by molar-refractivity contribution is -0.145. The number of carboxylic acid groups (broad SMARTS) is 3. The molecule has 1 aliphatic rings. The number of rotatable bonds is 4. The van der Waals surface area contributed by atoms with Gasteiger partial charge in [0.2, 0.25) is 0 Å². The van der Waals surface area contributed by atoms with Gasteiger partial charge in [-0.05, 0) is 25.5 Å². The first-order chi connectivity index (χ1) is 14.3. The molecule has 0 aliphatic heterocycles. The first-order valence-corrected chi connectivity index (χ1v) is 8.50. The average molecular weight is 439 g/mol. The van der Waals surface area contributed by atoms with Crippen molar-refractivity contribution in [3.63, 3.8) is 0 Å². The highest BCUT2D eigenvalue weighted by Gasteiger charge is 2.34. The van der Waals surface area contributed by atoms with E-state index in [9.17, 15) is 27.6 Å². The Morgan fingerprint density at radius 3 is 2.23 bits per heavy atom. The number of pyridine rings is 1. The minimum Gasteiger partial charge on any atom is -0.481 e. The van der Waals surface area contributed by atoms with Gasteiger partial charge in [0.05, 0.1) is 22.7 Å². The molecular weight excluding hydrogens is 423 g/mol. The van der Waals surface area contributed by atoms with Crippen molar-refractivity contribution in [1.29, 1.82) is 0 Å². The van der Waals surface area contributed by atoms with Crippen molar-refractivity contribution < 1.29 is 42.9 Å². The molecule has 2 aromatic rings. The largest absolute Gasteiger partial charge is 0.481 e. The number of hydrogen-bond acceptors (Lipinski definition) is 5. The van der Waals surface area contributed by atoms with Gasteiger partial charge in [-0.25, -0.2) is 19.3 Å². The summed E-state index contributed by atoms with van der Waals surface area (Å²) in [6.07, 6.45) is 2.89. The van der Waals surface area contributed by atoms with Gasteiger partial charge in [-0.3, -0.25) is 4.79 Å². The summed E-state index contributed by atoms with van der Waals surface area (Å²) in [6, 6.07) is 1.96. The number of hydrogen-bond donors (Lipinski definition) is 3. The molecule has 31 heavy (non-hydrogen) atoms. The lowest BCUT2D eigenvalue weighted by Crippen LogP contribution is -2.28. The summed E-state index contributed by atoms with van der Waals surface area (Å²) in [7, 11) is 0. The van der Waals surface area contributed by atoms with Crippen LogP contribution in [0.3, 0.4) is 0 Å². The quantitative estimate of drug-likeness (QED) is 0.660. The molecule has 1 atom stereocenters. The minimum absolute atomic E-state index is 0.0359.